The number of rotatable bonds is 3. The molecule has 23 heavy (non-hydrogen) atoms. The largest absolute Gasteiger partial charge is 0.369 e. The van der Waals surface area contributed by atoms with Crippen LogP contribution in [0.25, 0.3) is 6.08 Å². The van der Waals surface area contributed by atoms with Crippen LogP contribution in [0.4, 0.5) is 10.5 Å². The summed E-state index contributed by atoms with van der Waals surface area (Å²) in [7, 11) is 4.20. The Bertz CT molecular complexity index is 690. The number of halogens is 1. The van der Waals surface area contributed by atoms with Crippen LogP contribution in [0.2, 0.25) is 0 Å². The van der Waals surface area contributed by atoms with E-state index in [1.54, 1.807) is 6.08 Å². The lowest BCUT2D eigenvalue weighted by Crippen LogP contribution is -2.31. The zero-order valence-corrected chi connectivity index (χ0v) is 15.4. The highest BCUT2D eigenvalue weighted by Crippen LogP contribution is 2.36. The van der Waals surface area contributed by atoms with E-state index >= 15 is 0 Å². The molecule has 2 fully saturated rings. The number of carbonyl (C=O) groups is 2. The fourth-order valence-electron chi connectivity index (χ4n) is 2.91. The molecule has 1 aromatic rings. The van der Waals surface area contributed by atoms with E-state index < -0.39 is 0 Å². The second-order valence-electron chi connectivity index (χ2n) is 5.88. The molecular formula is C16H18BrN3O2S. The van der Waals surface area contributed by atoms with Gasteiger partial charge in [0.05, 0.1) is 10.6 Å². The van der Waals surface area contributed by atoms with E-state index in [1.807, 2.05) is 18.2 Å². The molecule has 0 spiro atoms. The zero-order valence-electron chi connectivity index (χ0n) is 13.0. The summed E-state index contributed by atoms with van der Waals surface area (Å²) in [6, 6.07) is 6.45. The Morgan fingerprint density at radius 2 is 2.17 bits per heavy atom. The van der Waals surface area contributed by atoms with Gasteiger partial charge in [-0.3, -0.25) is 14.9 Å². The van der Waals surface area contributed by atoms with Crippen molar-refractivity contribution in [1.29, 1.82) is 0 Å². The lowest BCUT2D eigenvalue weighted by Gasteiger charge is -2.24. The highest BCUT2D eigenvalue weighted by Gasteiger charge is 2.28. The summed E-state index contributed by atoms with van der Waals surface area (Å²) < 4.78 is 1.00. The van der Waals surface area contributed by atoms with Crippen molar-refractivity contribution in [2.45, 2.75) is 12.5 Å². The molecule has 0 aromatic heterocycles. The van der Waals surface area contributed by atoms with Gasteiger partial charge in [0.1, 0.15) is 0 Å². The number of likely N-dealkylation sites (N-methyl/N-ethyl adjacent to an activating group) is 1. The Hall–Kier alpha value is -1.31. The van der Waals surface area contributed by atoms with Crippen LogP contribution in [-0.2, 0) is 4.79 Å². The van der Waals surface area contributed by atoms with E-state index in [1.165, 1.54) is 0 Å². The lowest BCUT2D eigenvalue weighted by atomic mass is 10.1. The molecule has 122 valence electrons. The van der Waals surface area contributed by atoms with Crippen LogP contribution in [0, 0.1) is 0 Å². The fraction of sp³-hybridized carbons (Fsp3) is 0.375. The third-order valence-electron chi connectivity index (χ3n) is 4.16. The molecule has 2 amide bonds. The number of anilines is 1. The molecule has 2 saturated heterocycles. The Morgan fingerprint density at radius 3 is 2.78 bits per heavy atom. The normalized spacial score (nSPS) is 23.2. The van der Waals surface area contributed by atoms with Crippen LogP contribution in [0.5, 0.6) is 0 Å². The number of carbonyl (C=O) groups excluding carboxylic acids is 2. The third-order valence-corrected chi connectivity index (χ3v) is 5.61. The molecule has 2 aliphatic rings. The molecule has 3 rings (SSSR count). The van der Waals surface area contributed by atoms with Gasteiger partial charge in [0, 0.05) is 29.2 Å². The van der Waals surface area contributed by atoms with Gasteiger partial charge in [0.15, 0.2) is 0 Å². The molecule has 0 aliphatic carbocycles. The Morgan fingerprint density at radius 1 is 1.39 bits per heavy atom. The Labute approximate surface area is 148 Å². The molecule has 0 bridgehead atoms. The molecule has 7 heteroatoms. The van der Waals surface area contributed by atoms with Crippen LogP contribution in [0.1, 0.15) is 12.0 Å². The topological polar surface area (TPSA) is 52.6 Å². The minimum Gasteiger partial charge on any atom is -0.369 e. The predicted molar refractivity (Wildman–Crippen MR) is 97.6 cm³/mol. The van der Waals surface area contributed by atoms with Crippen molar-refractivity contribution >= 4 is 50.6 Å². The fourth-order valence-corrected chi connectivity index (χ4v) is 4.22. The maximum atomic E-state index is 11.8. The first-order valence-corrected chi connectivity index (χ1v) is 9.01. The molecular weight excluding hydrogens is 378 g/mol. The van der Waals surface area contributed by atoms with Crippen LogP contribution in [-0.4, -0.2) is 49.3 Å². The van der Waals surface area contributed by atoms with Crippen LogP contribution in [0.15, 0.2) is 27.6 Å². The second-order valence-corrected chi connectivity index (χ2v) is 7.75. The van der Waals surface area contributed by atoms with Gasteiger partial charge in [-0.05, 0) is 60.4 Å². The number of thioether (sulfide) groups is 1. The highest BCUT2D eigenvalue weighted by molar-refractivity contribution is 9.10. The molecule has 1 N–H and O–H groups in total. The molecule has 2 heterocycles. The summed E-state index contributed by atoms with van der Waals surface area (Å²) in [6.07, 6.45) is 2.91. The number of hydrogen-bond donors (Lipinski definition) is 1. The summed E-state index contributed by atoms with van der Waals surface area (Å²) in [6.45, 7) is 1.92. The van der Waals surface area contributed by atoms with Gasteiger partial charge in [-0.15, -0.1) is 0 Å². The molecule has 0 saturated carbocycles. The van der Waals surface area contributed by atoms with E-state index in [0.717, 1.165) is 47.0 Å². The van der Waals surface area contributed by atoms with Gasteiger partial charge in [0.25, 0.3) is 11.1 Å². The summed E-state index contributed by atoms with van der Waals surface area (Å²) in [4.78, 5) is 28.2. The average molecular weight is 396 g/mol. The van der Waals surface area contributed by atoms with E-state index in [9.17, 15) is 9.59 Å². The molecule has 0 unspecified atom stereocenters. The van der Waals surface area contributed by atoms with Gasteiger partial charge in [-0.1, -0.05) is 12.1 Å². The number of imide groups is 1. The van der Waals surface area contributed by atoms with Crippen LogP contribution >= 0.6 is 27.7 Å². The molecule has 0 radical (unpaired) electrons. The second kappa shape index (κ2) is 6.67. The monoisotopic (exact) mass is 395 g/mol. The number of nitrogens with zero attached hydrogens (tertiary/aromatic N) is 2. The molecule has 1 aromatic carbocycles. The van der Waals surface area contributed by atoms with E-state index in [2.05, 4.69) is 45.1 Å². The predicted octanol–water partition coefficient (Wildman–Crippen LogP) is 2.91. The number of hydrogen-bond acceptors (Lipinski definition) is 5. The molecule has 5 nitrogen and oxygen atoms in total. The summed E-state index contributed by atoms with van der Waals surface area (Å²) in [5.74, 6) is -0.321. The van der Waals surface area contributed by atoms with E-state index in [0.29, 0.717) is 10.9 Å². The van der Waals surface area contributed by atoms with Crippen molar-refractivity contribution in [3.63, 3.8) is 0 Å². The minimum absolute atomic E-state index is 0.313. The van der Waals surface area contributed by atoms with Crippen molar-refractivity contribution in [3.05, 3.63) is 33.1 Å². The van der Waals surface area contributed by atoms with Gasteiger partial charge in [-0.25, -0.2) is 0 Å². The maximum absolute atomic E-state index is 11.8. The summed E-state index contributed by atoms with van der Waals surface area (Å²) in [5, 5.41) is 1.98. The smallest absolute Gasteiger partial charge is 0.290 e. The van der Waals surface area contributed by atoms with Gasteiger partial charge in [-0.2, -0.15) is 0 Å². The van der Waals surface area contributed by atoms with Crippen LogP contribution in [0.3, 0.4) is 0 Å². The summed E-state index contributed by atoms with van der Waals surface area (Å²) in [5.41, 5.74) is 2.03. The van der Waals surface area contributed by atoms with Crippen LogP contribution < -0.4 is 10.2 Å². The van der Waals surface area contributed by atoms with E-state index in [-0.39, 0.29) is 11.1 Å². The van der Waals surface area contributed by atoms with Gasteiger partial charge in [0.2, 0.25) is 0 Å². The average Bonchev–Trinajstić information content (AvgIpc) is 3.07. The van der Waals surface area contributed by atoms with Crippen molar-refractivity contribution in [1.82, 2.24) is 10.2 Å². The standard InChI is InChI=1S/C16H18BrN3O2S/c1-19(2)11-6-7-20(9-11)14-10(4-3-5-12(14)17)8-13-15(21)18-16(22)23-13/h3-5,8,11H,6-7,9H2,1-2H3,(H,18,21,22)/t11-/m0/s1. The zero-order chi connectivity index (χ0) is 16.6. The van der Waals surface area contributed by atoms with Crippen molar-refractivity contribution in [2.24, 2.45) is 0 Å². The van der Waals surface area contributed by atoms with Gasteiger partial charge >= 0.3 is 0 Å². The number of benzene rings is 1. The maximum Gasteiger partial charge on any atom is 0.290 e. The van der Waals surface area contributed by atoms with E-state index in [4.69, 9.17) is 0 Å². The number of nitrogens with one attached hydrogen (secondary N) is 1. The summed E-state index contributed by atoms with van der Waals surface area (Å²) >= 11 is 4.58. The molecule has 2 aliphatic heterocycles. The Balaban J connectivity index is 1.94. The van der Waals surface area contributed by atoms with Crippen molar-refractivity contribution in [2.75, 3.05) is 32.1 Å². The first-order chi connectivity index (χ1) is 11.0. The number of para-hydroxylation sites is 1. The number of amides is 2. The minimum atomic E-state index is -0.321. The van der Waals surface area contributed by atoms with Gasteiger partial charge < -0.3 is 9.80 Å². The quantitative estimate of drug-likeness (QED) is 0.797. The SMILES string of the molecule is CN(C)[C@H]1CCN(c2c(Br)cccc2C=C2SC(=O)NC2=O)C1. The first kappa shape index (κ1) is 16.5. The first-order valence-electron chi connectivity index (χ1n) is 7.40. The lowest BCUT2D eigenvalue weighted by molar-refractivity contribution is -0.115. The Kier molecular flexibility index (Phi) is 4.79. The molecule has 1 atom stereocenters. The highest BCUT2D eigenvalue weighted by atomic mass is 79.9. The van der Waals surface area contributed by atoms with Crippen molar-refractivity contribution < 1.29 is 9.59 Å². The van der Waals surface area contributed by atoms with Crippen molar-refractivity contribution in [3.8, 4) is 0 Å². The third kappa shape index (κ3) is 3.46.